The minimum atomic E-state index is -0.207. The van der Waals surface area contributed by atoms with Crippen LogP contribution in [0.25, 0.3) is 22.0 Å². The van der Waals surface area contributed by atoms with Gasteiger partial charge in [0.05, 0.1) is 33.3 Å². The number of ether oxygens (including phenoxy) is 1. The van der Waals surface area contributed by atoms with Crippen LogP contribution in [0, 0.1) is 6.92 Å². The molecule has 1 aliphatic heterocycles. The average Bonchev–Trinajstić information content (AvgIpc) is 3.63. The van der Waals surface area contributed by atoms with Crippen molar-refractivity contribution < 1.29 is 4.74 Å². The largest absolute Gasteiger partial charge is 0.420 e. The lowest BCUT2D eigenvalue weighted by Crippen LogP contribution is -2.16. The standard InChI is InChI=1S/C25H17N7OS/c1-15-19-20(16-7-5-11-26-13-16)21-23-28-22(18-10-6-12-34-18)30-31(23)14-27-24(21)33-25(19)32(29-15)17-8-3-2-4-9-17/h2-14,20H,1H3. The highest BCUT2D eigenvalue weighted by Gasteiger charge is 2.38. The van der Waals surface area contributed by atoms with E-state index in [1.54, 1.807) is 28.4 Å². The Morgan fingerprint density at radius 2 is 1.88 bits per heavy atom. The van der Waals surface area contributed by atoms with Crippen molar-refractivity contribution in [3.63, 3.8) is 0 Å². The number of aryl methyl sites for hydroxylation is 1. The zero-order chi connectivity index (χ0) is 22.6. The highest BCUT2D eigenvalue weighted by Crippen LogP contribution is 2.49. The van der Waals surface area contributed by atoms with Crippen molar-refractivity contribution in [2.75, 3.05) is 0 Å². The first-order chi connectivity index (χ1) is 16.8. The third-order valence-electron chi connectivity index (χ3n) is 5.98. The van der Waals surface area contributed by atoms with Gasteiger partial charge >= 0.3 is 0 Å². The summed E-state index contributed by atoms with van der Waals surface area (Å²) < 4.78 is 10.00. The monoisotopic (exact) mass is 463 g/mol. The summed E-state index contributed by atoms with van der Waals surface area (Å²) in [5.74, 6) is 1.61. The number of pyridine rings is 1. The molecule has 6 aromatic rings. The van der Waals surface area contributed by atoms with E-state index in [2.05, 4.69) is 21.1 Å². The molecule has 0 spiro atoms. The Morgan fingerprint density at radius 3 is 2.68 bits per heavy atom. The molecule has 0 saturated heterocycles. The number of thiophene rings is 1. The second-order valence-electron chi connectivity index (χ2n) is 8.02. The fourth-order valence-corrected chi connectivity index (χ4v) is 5.17. The lowest BCUT2D eigenvalue weighted by atomic mass is 9.85. The van der Waals surface area contributed by atoms with Crippen molar-refractivity contribution in [3.8, 4) is 28.1 Å². The van der Waals surface area contributed by atoms with E-state index < -0.39 is 0 Å². The molecular weight excluding hydrogens is 446 g/mol. The van der Waals surface area contributed by atoms with Crippen molar-refractivity contribution in [2.45, 2.75) is 12.8 Å². The first-order valence-electron chi connectivity index (χ1n) is 10.8. The molecule has 1 atom stereocenters. The molecule has 1 aromatic carbocycles. The van der Waals surface area contributed by atoms with Crippen LogP contribution in [0.1, 0.15) is 28.3 Å². The maximum atomic E-state index is 6.43. The molecule has 0 aliphatic carbocycles. The number of hydrogen-bond acceptors (Lipinski definition) is 7. The van der Waals surface area contributed by atoms with E-state index in [-0.39, 0.29) is 5.92 Å². The fourth-order valence-electron chi connectivity index (χ4n) is 4.51. The van der Waals surface area contributed by atoms with Crippen molar-refractivity contribution in [2.24, 2.45) is 0 Å². The Bertz CT molecular complexity index is 1640. The zero-order valence-electron chi connectivity index (χ0n) is 18.0. The van der Waals surface area contributed by atoms with Gasteiger partial charge in [0.15, 0.2) is 11.5 Å². The van der Waals surface area contributed by atoms with Crippen molar-refractivity contribution in [1.29, 1.82) is 0 Å². The molecule has 6 heterocycles. The summed E-state index contributed by atoms with van der Waals surface area (Å²) >= 11 is 1.60. The molecule has 0 saturated carbocycles. The third kappa shape index (κ3) is 2.80. The van der Waals surface area contributed by atoms with Gasteiger partial charge in [0.2, 0.25) is 11.8 Å². The van der Waals surface area contributed by atoms with E-state index in [1.807, 2.05) is 71.7 Å². The van der Waals surface area contributed by atoms with Gasteiger partial charge in [-0.25, -0.2) is 19.2 Å². The average molecular weight is 464 g/mol. The summed E-state index contributed by atoms with van der Waals surface area (Å²) in [7, 11) is 0. The number of hydrogen-bond donors (Lipinski definition) is 0. The van der Waals surface area contributed by atoms with Crippen LogP contribution in [0.15, 0.2) is 78.7 Å². The number of para-hydroxylation sites is 1. The second-order valence-corrected chi connectivity index (χ2v) is 8.97. The van der Waals surface area contributed by atoms with Crippen LogP contribution >= 0.6 is 11.3 Å². The molecule has 0 bridgehead atoms. The van der Waals surface area contributed by atoms with E-state index in [9.17, 15) is 0 Å². The number of rotatable bonds is 3. The highest BCUT2D eigenvalue weighted by molar-refractivity contribution is 7.13. The lowest BCUT2D eigenvalue weighted by Gasteiger charge is -2.26. The quantitative estimate of drug-likeness (QED) is 0.366. The molecule has 34 heavy (non-hydrogen) atoms. The first kappa shape index (κ1) is 19.1. The number of benzene rings is 1. The van der Waals surface area contributed by atoms with E-state index in [0.717, 1.165) is 32.9 Å². The topological polar surface area (TPSA) is 83.0 Å². The van der Waals surface area contributed by atoms with Crippen LogP contribution in [-0.2, 0) is 0 Å². The van der Waals surface area contributed by atoms with Gasteiger partial charge in [-0.3, -0.25) is 4.98 Å². The minimum absolute atomic E-state index is 0.207. The molecule has 5 aromatic heterocycles. The Balaban J connectivity index is 1.51. The molecule has 0 amide bonds. The SMILES string of the molecule is Cc1nn(-c2ccccc2)c2c1C(c1cccnc1)c1c(ncn3nc(-c4cccs4)nc13)O2. The van der Waals surface area contributed by atoms with E-state index in [1.165, 1.54) is 0 Å². The zero-order valence-corrected chi connectivity index (χ0v) is 18.8. The maximum Gasteiger partial charge on any atom is 0.230 e. The molecule has 7 rings (SSSR count). The molecule has 0 fully saturated rings. The Kier molecular flexibility index (Phi) is 4.12. The summed E-state index contributed by atoms with van der Waals surface area (Å²) in [6.07, 6.45) is 5.30. The molecule has 9 heteroatoms. The van der Waals surface area contributed by atoms with Gasteiger partial charge in [0.1, 0.15) is 6.33 Å². The molecule has 0 N–H and O–H groups in total. The summed E-state index contributed by atoms with van der Waals surface area (Å²) in [6.45, 7) is 2.00. The van der Waals surface area contributed by atoms with Crippen LogP contribution < -0.4 is 4.74 Å². The Hall–Kier alpha value is -4.37. The Labute approximate surface area is 198 Å². The molecule has 8 nitrogen and oxygen atoms in total. The van der Waals surface area contributed by atoms with Crippen LogP contribution in [0.4, 0.5) is 0 Å². The molecule has 164 valence electrons. The van der Waals surface area contributed by atoms with Gasteiger partial charge < -0.3 is 4.74 Å². The fraction of sp³-hybridized carbons (Fsp3) is 0.0800. The predicted octanol–water partition coefficient (Wildman–Crippen LogP) is 5.03. The van der Waals surface area contributed by atoms with Gasteiger partial charge in [-0.1, -0.05) is 30.3 Å². The first-order valence-corrected chi connectivity index (χ1v) is 11.7. The second kappa shape index (κ2) is 7.32. The summed E-state index contributed by atoms with van der Waals surface area (Å²) in [4.78, 5) is 14.9. The number of aromatic nitrogens is 7. The highest BCUT2D eigenvalue weighted by atomic mass is 32.1. The van der Waals surface area contributed by atoms with Gasteiger partial charge in [0.25, 0.3) is 0 Å². The third-order valence-corrected chi connectivity index (χ3v) is 6.85. The summed E-state index contributed by atoms with van der Waals surface area (Å²) in [6, 6.07) is 18.0. The number of nitrogens with zero attached hydrogens (tertiary/aromatic N) is 7. The molecular formula is C25H17N7OS. The Morgan fingerprint density at radius 1 is 0.971 bits per heavy atom. The van der Waals surface area contributed by atoms with Crippen LogP contribution in [0.5, 0.6) is 11.8 Å². The van der Waals surface area contributed by atoms with Crippen molar-refractivity contribution in [1.82, 2.24) is 34.3 Å². The van der Waals surface area contributed by atoms with E-state index in [4.69, 9.17) is 14.8 Å². The van der Waals surface area contributed by atoms with Gasteiger partial charge in [-0.2, -0.15) is 5.10 Å². The van der Waals surface area contributed by atoms with E-state index in [0.29, 0.717) is 23.2 Å². The van der Waals surface area contributed by atoms with Crippen LogP contribution in [0.2, 0.25) is 0 Å². The van der Waals surface area contributed by atoms with Crippen LogP contribution in [0.3, 0.4) is 0 Å². The van der Waals surface area contributed by atoms with Gasteiger partial charge in [0, 0.05) is 12.4 Å². The summed E-state index contributed by atoms with van der Waals surface area (Å²) in [5, 5.41) is 11.6. The maximum absolute atomic E-state index is 6.43. The normalized spacial score (nSPS) is 14.6. The van der Waals surface area contributed by atoms with Gasteiger partial charge in [-0.15, -0.1) is 16.4 Å². The molecule has 1 unspecified atom stereocenters. The minimum Gasteiger partial charge on any atom is -0.420 e. The van der Waals surface area contributed by atoms with Crippen molar-refractivity contribution >= 4 is 17.0 Å². The molecule has 0 radical (unpaired) electrons. The predicted molar refractivity (Wildman–Crippen MR) is 128 cm³/mol. The summed E-state index contributed by atoms with van der Waals surface area (Å²) in [5.41, 5.74) is 5.34. The van der Waals surface area contributed by atoms with Crippen LogP contribution in [-0.4, -0.2) is 34.3 Å². The molecule has 1 aliphatic rings. The van der Waals surface area contributed by atoms with E-state index >= 15 is 0 Å². The smallest absolute Gasteiger partial charge is 0.230 e. The number of fused-ring (bicyclic) bond motifs is 4. The van der Waals surface area contributed by atoms with Gasteiger partial charge in [-0.05, 0) is 42.1 Å². The lowest BCUT2D eigenvalue weighted by molar-refractivity contribution is 0.402. The van der Waals surface area contributed by atoms with Crippen molar-refractivity contribution in [3.05, 3.63) is 101 Å².